The van der Waals surface area contributed by atoms with Gasteiger partial charge >= 0.3 is 0 Å². The van der Waals surface area contributed by atoms with E-state index in [1.165, 1.54) is 0 Å². The highest BCUT2D eigenvalue weighted by molar-refractivity contribution is 9.10. The summed E-state index contributed by atoms with van der Waals surface area (Å²) in [5, 5.41) is 0. The normalized spacial score (nSPS) is 20.4. The van der Waals surface area contributed by atoms with Crippen molar-refractivity contribution in [2.45, 2.75) is 11.8 Å². The molecule has 0 spiro atoms. The Kier molecular flexibility index (Phi) is 3.04. The second-order valence-electron chi connectivity index (χ2n) is 3.66. The molecule has 0 aliphatic carbocycles. The van der Waals surface area contributed by atoms with Gasteiger partial charge in [-0.3, -0.25) is 0 Å². The van der Waals surface area contributed by atoms with Crippen LogP contribution < -0.4 is 0 Å². The summed E-state index contributed by atoms with van der Waals surface area (Å²) >= 11 is 3.36. The zero-order valence-corrected chi connectivity index (χ0v) is 10.3. The van der Waals surface area contributed by atoms with Crippen LogP contribution >= 0.6 is 15.9 Å². The first-order valence-electron chi connectivity index (χ1n) is 4.59. The fourth-order valence-corrected chi connectivity index (χ4v) is 3.19. The maximum absolute atomic E-state index is 11.9. The van der Waals surface area contributed by atoms with Gasteiger partial charge in [0, 0.05) is 17.6 Å². The number of rotatable bonds is 2. The third-order valence-corrected chi connectivity index (χ3v) is 4.25. The summed E-state index contributed by atoms with van der Waals surface area (Å²) in [4.78, 5) is 0.889. The molecule has 0 amide bonds. The third-order valence-electron chi connectivity index (χ3n) is 2.28. The van der Waals surface area contributed by atoms with E-state index in [0.717, 1.165) is 22.5 Å². The maximum atomic E-state index is 11.9. The lowest BCUT2D eigenvalue weighted by Crippen LogP contribution is -2.45. The molecule has 0 saturated carbocycles. The van der Waals surface area contributed by atoms with Crippen molar-refractivity contribution in [1.82, 2.24) is 4.31 Å². The molecule has 1 unspecified atom stereocenters. The van der Waals surface area contributed by atoms with Gasteiger partial charge in [0.05, 0.1) is 4.90 Å². The molecule has 76 valence electrons. The Morgan fingerprint density at radius 2 is 1.93 bits per heavy atom. The molecule has 4 heteroatoms. The van der Waals surface area contributed by atoms with Gasteiger partial charge < -0.3 is 0 Å². The number of hydrogen-bond acceptors (Lipinski definition) is 1. The Labute approximate surface area is 95.0 Å². The lowest BCUT2D eigenvalue weighted by Gasteiger charge is -2.35. The lowest BCUT2D eigenvalue weighted by molar-refractivity contribution is 0.229. The zero-order valence-electron chi connectivity index (χ0n) is 7.94. The number of halogens is 1. The molecule has 0 bridgehead atoms. The average Bonchev–Trinajstić information content (AvgIpc) is 2.13. The number of hydrogen-bond donors (Lipinski definition) is 0. The second-order valence-corrected chi connectivity index (χ2v) is 6.06. The molecule has 1 aromatic carbocycles. The standard InChI is InChI=1S/C10H12BrNOS/c1-8-6-12(7-8)14(13)10-4-2-9(11)3-5-10/h2-5,8H,6-7H2,1H3. The van der Waals surface area contributed by atoms with E-state index >= 15 is 0 Å². The Morgan fingerprint density at radius 3 is 2.43 bits per heavy atom. The van der Waals surface area contributed by atoms with Gasteiger partial charge in [-0.2, -0.15) is 0 Å². The van der Waals surface area contributed by atoms with Gasteiger partial charge in [-0.25, -0.2) is 8.51 Å². The molecular formula is C10H12BrNOS. The molecule has 0 radical (unpaired) electrons. The molecule has 2 nitrogen and oxygen atoms in total. The van der Waals surface area contributed by atoms with Crippen LogP contribution in [-0.4, -0.2) is 21.6 Å². The second kappa shape index (κ2) is 4.13. The monoisotopic (exact) mass is 273 g/mol. The van der Waals surface area contributed by atoms with Crippen LogP contribution in [-0.2, 0) is 11.0 Å². The molecule has 1 aromatic rings. The summed E-state index contributed by atoms with van der Waals surface area (Å²) in [7, 11) is -0.958. The van der Waals surface area contributed by atoms with E-state index in [0.29, 0.717) is 5.92 Å². The van der Waals surface area contributed by atoms with E-state index in [1.807, 2.05) is 28.6 Å². The molecule has 1 aliphatic heterocycles. The van der Waals surface area contributed by atoms with Crippen molar-refractivity contribution >= 4 is 26.9 Å². The summed E-state index contributed by atoms with van der Waals surface area (Å²) < 4.78 is 14.9. The summed E-state index contributed by atoms with van der Waals surface area (Å²) in [6.07, 6.45) is 0. The van der Waals surface area contributed by atoms with E-state index in [9.17, 15) is 4.21 Å². The van der Waals surface area contributed by atoms with Gasteiger partial charge in [0.25, 0.3) is 0 Å². The lowest BCUT2D eigenvalue weighted by atomic mass is 10.1. The summed E-state index contributed by atoms with van der Waals surface area (Å²) in [5.74, 6) is 0.689. The van der Waals surface area contributed by atoms with Crippen LogP contribution in [0.4, 0.5) is 0 Å². The molecule has 0 aromatic heterocycles. The first kappa shape index (κ1) is 10.3. The van der Waals surface area contributed by atoms with E-state index in [2.05, 4.69) is 22.9 Å². The van der Waals surface area contributed by atoms with Gasteiger partial charge in [-0.1, -0.05) is 22.9 Å². The zero-order chi connectivity index (χ0) is 10.1. The Morgan fingerprint density at radius 1 is 1.36 bits per heavy atom. The molecule has 0 N–H and O–H groups in total. The van der Waals surface area contributed by atoms with E-state index < -0.39 is 11.0 Å². The van der Waals surface area contributed by atoms with Crippen LogP contribution in [0, 0.1) is 5.92 Å². The average molecular weight is 274 g/mol. The van der Waals surface area contributed by atoms with Gasteiger partial charge in [0.15, 0.2) is 0 Å². The molecular weight excluding hydrogens is 262 g/mol. The smallest absolute Gasteiger partial charge is 0.127 e. The van der Waals surface area contributed by atoms with Crippen LogP contribution in [0.15, 0.2) is 33.6 Å². The minimum absolute atomic E-state index is 0.689. The Balaban J connectivity index is 2.08. The van der Waals surface area contributed by atoms with Crippen molar-refractivity contribution in [2.75, 3.05) is 13.1 Å². The maximum Gasteiger partial charge on any atom is 0.127 e. The van der Waals surface area contributed by atoms with E-state index in [1.54, 1.807) is 0 Å². The van der Waals surface area contributed by atoms with Crippen molar-refractivity contribution in [2.24, 2.45) is 5.92 Å². The van der Waals surface area contributed by atoms with Crippen molar-refractivity contribution in [3.05, 3.63) is 28.7 Å². The van der Waals surface area contributed by atoms with Crippen LogP contribution in [0.5, 0.6) is 0 Å². The van der Waals surface area contributed by atoms with E-state index in [-0.39, 0.29) is 0 Å². The number of nitrogens with zero attached hydrogens (tertiary/aromatic N) is 1. The predicted molar refractivity (Wildman–Crippen MR) is 61.3 cm³/mol. The van der Waals surface area contributed by atoms with Gasteiger partial charge in [0.2, 0.25) is 0 Å². The largest absolute Gasteiger partial charge is 0.237 e. The Hall–Kier alpha value is -0.190. The van der Waals surface area contributed by atoms with Gasteiger partial charge in [-0.15, -0.1) is 0 Å². The SMILES string of the molecule is CC1CN(S(=O)c2ccc(Br)cc2)C1. The van der Waals surface area contributed by atoms with Gasteiger partial charge in [-0.05, 0) is 30.2 Å². The molecule has 1 heterocycles. The van der Waals surface area contributed by atoms with Crippen LogP contribution in [0.25, 0.3) is 0 Å². The molecule has 1 saturated heterocycles. The minimum Gasteiger partial charge on any atom is -0.237 e. The minimum atomic E-state index is -0.958. The van der Waals surface area contributed by atoms with Crippen LogP contribution in [0.2, 0.25) is 0 Å². The van der Waals surface area contributed by atoms with Crippen molar-refractivity contribution < 1.29 is 4.21 Å². The number of benzene rings is 1. The molecule has 2 rings (SSSR count). The molecule has 1 aliphatic rings. The highest BCUT2D eigenvalue weighted by Crippen LogP contribution is 2.22. The predicted octanol–water partition coefficient (Wildman–Crippen LogP) is 2.42. The Bertz CT molecular complexity index is 346. The molecule has 1 atom stereocenters. The third kappa shape index (κ3) is 2.07. The van der Waals surface area contributed by atoms with Crippen molar-refractivity contribution in [3.8, 4) is 0 Å². The first-order chi connectivity index (χ1) is 6.66. The van der Waals surface area contributed by atoms with Crippen LogP contribution in [0.1, 0.15) is 6.92 Å². The highest BCUT2D eigenvalue weighted by atomic mass is 79.9. The van der Waals surface area contributed by atoms with Crippen molar-refractivity contribution in [1.29, 1.82) is 0 Å². The summed E-state index contributed by atoms with van der Waals surface area (Å²) in [5.41, 5.74) is 0. The topological polar surface area (TPSA) is 20.3 Å². The summed E-state index contributed by atoms with van der Waals surface area (Å²) in [6.45, 7) is 4.07. The quantitative estimate of drug-likeness (QED) is 0.811. The van der Waals surface area contributed by atoms with Crippen LogP contribution in [0.3, 0.4) is 0 Å². The van der Waals surface area contributed by atoms with Crippen molar-refractivity contribution in [3.63, 3.8) is 0 Å². The molecule has 1 fully saturated rings. The highest BCUT2D eigenvalue weighted by Gasteiger charge is 2.27. The fourth-order valence-electron chi connectivity index (χ4n) is 1.48. The summed E-state index contributed by atoms with van der Waals surface area (Å²) in [6, 6.07) is 7.67. The van der Waals surface area contributed by atoms with E-state index in [4.69, 9.17) is 0 Å². The van der Waals surface area contributed by atoms with Gasteiger partial charge in [0.1, 0.15) is 11.0 Å². The first-order valence-corrected chi connectivity index (χ1v) is 6.49. The molecule has 14 heavy (non-hydrogen) atoms. The fraction of sp³-hybridized carbons (Fsp3) is 0.400.